The minimum absolute atomic E-state index is 0.0116. The van der Waals surface area contributed by atoms with Crippen molar-refractivity contribution >= 4 is 11.8 Å². The van der Waals surface area contributed by atoms with Crippen LogP contribution in [0.2, 0.25) is 0 Å². The van der Waals surface area contributed by atoms with Crippen molar-refractivity contribution in [1.29, 1.82) is 0 Å². The average Bonchev–Trinajstić information content (AvgIpc) is 1.61. The van der Waals surface area contributed by atoms with Crippen LogP contribution in [-0.2, 0) is 5.11 Å². The van der Waals surface area contributed by atoms with Crippen LogP contribution in [0.5, 0.6) is 0 Å². The Morgan fingerprint density at radius 2 is 2.14 bits per heavy atom. The summed E-state index contributed by atoms with van der Waals surface area (Å²) < 4.78 is 22.1. The number of hydrogen-bond donors (Lipinski definition) is 0. The van der Waals surface area contributed by atoms with Gasteiger partial charge in [0.05, 0.1) is 6.61 Å². The van der Waals surface area contributed by atoms with Crippen molar-refractivity contribution in [3.63, 3.8) is 0 Å². The third kappa shape index (κ3) is 6.17. The summed E-state index contributed by atoms with van der Waals surface area (Å²) in [6, 6.07) is 0. The zero-order valence-electron chi connectivity index (χ0n) is 3.56. The zero-order valence-corrected chi connectivity index (χ0v) is 4.38. The smallest absolute Gasteiger partial charge is 0.236 e. The van der Waals surface area contributed by atoms with E-state index in [1.807, 2.05) is 0 Å². The molecule has 0 atom stereocenters. The highest BCUT2D eigenvalue weighted by molar-refractivity contribution is 7.99. The van der Waals surface area contributed by atoms with Gasteiger partial charge in [0, 0.05) is 5.75 Å². The van der Waals surface area contributed by atoms with E-state index < -0.39 is 12.4 Å². The predicted octanol–water partition coefficient (Wildman–Crippen LogP) is 1.37. The molecule has 0 bridgehead atoms. The molecule has 7 heavy (non-hydrogen) atoms. The molecule has 0 aromatic rings. The number of halogens is 2. The standard InChI is InChI=1S/C3H5F2OS/c4-3(5)7-2-1-6/h3H,1-2H2. The Bertz CT molecular complexity index is 41.9. The van der Waals surface area contributed by atoms with E-state index in [4.69, 9.17) is 0 Å². The number of thioether (sulfide) groups is 1. The lowest BCUT2D eigenvalue weighted by molar-refractivity contribution is 0.211. The van der Waals surface area contributed by atoms with E-state index in [2.05, 4.69) is 0 Å². The summed E-state index contributed by atoms with van der Waals surface area (Å²) in [5.41, 5.74) is 0. The summed E-state index contributed by atoms with van der Waals surface area (Å²) in [6.45, 7) is -0.422. The highest BCUT2D eigenvalue weighted by Gasteiger charge is 1.99. The van der Waals surface area contributed by atoms with Crippen molar-refractivity contribution in [3.05, 3.63) is 0 Å². The summed E-state index contributed by atoms with van der Waals surface area (Å²) in [6.07, 6.45) is 0. The molecule has 0 unspecified atom stereocenters. The zero-order chi connectivity index (χ0) is 5.70. The molecule has 0 spiro atoms. The Labute approximate surface area is 44.7 Å². The van der Waals surface area contributed by atoms with E-state index >= 15 is 0 Å². The summed E-state index contributed by atoms with van der Waals surface area (Å²) in [5, 5.41) is 9.48. The molecule has 0 aromatic carbocycles. The Morgan fingerprint density at radius 3 is 2.29 bits per heavy atom. The summed E-state index contributed by atoms with van der Waals surface area (Å²) in [7, 11) is 0. The van der Waals surface area contributed by atoms with Crippen LogP contribution < -0.4 is 0 Å². The van der Waals surface area contributed by atoms with Crippen LogP contribution in [0, 0.1) is 0 Å². The topological polar surface area (TPSA) is 19.9 Å². The van der Waals surface area contributed by atoms with Gasteiger partial charge < -0.3 is 0 Å². The highest BCUT2D eigenvalue weighted by atomic mass is 32.2. The summed E-state index contributed by atoms with van der Waals surface area (Å²) in [4.78, 5) is 0. The molecule has 4 heteroatoms. The van der Waals surface area contributed by atoms with Crippen LogP contribution in [0.1, 0.15) is 0 Å². The predicted molar refractivity (Wildman–Crippen MR) is 24.0 cm³/mol. The summed E-state index contributed by atoms with van der Waals surface area (Å²) >= 11 is 0.385. The monoisotopic (exact) mass is 127 g/mol. The largest absolute Gasteiger partial charge is 0.284 e. The molecule has 0 aliphatic carbocycles. The fourth-order valence-corrected chi connectivity index (χ4v) is 0.412. The van der Waals surface area contributed by atoms with Crippen LogP contribution >= 0.6 is 11.8 Å². The molecule has 43 valence electrons. The van der Waals surface area contributed by atoms with Crippen LogP contribution in [0.25, 0.3) is 0 Å². The number of rotatable bonds is 3. The lowest BCUT2D eigenvalue weighted by atomic mass is 10.9. The van der Waals surface area contributed by atoms with E-state index in [0.717, 1.165) is 0 Å². The van der Waals surface area contributed by atoms with Gasteiger partial charge in [-0.25, -0.2) is 5.11 Å². The van der Waals surface area contributed by atoms with Crippen molar-refractivity contribution < 1.29 is 13.9 Å². The molecule has 0 aliphatic rings. The molecule has 0 amide bonds. The van der Waals surface area contributed by atoms with Gasteiger partial charge in [0.1, 0.15) is 0 Å². The normalized spacial score (nSPS) is 10.3. The number of hydrogen-bond acceptors (Lipinski definition) is 1. The van der Waals surface area contributed by atoms with Gasteiger partial charge in [-0.15, -0.1) is 0 Å². The minimum atomic E-state index is -2.38. The van der Waals surface area contributed by atoms with Gasteiger partial charge in [0.25, 0.3) is 5.76 Å². The minimum Gasteiger partial charge on any atom is -0.236 e. The second kappa shape index (κ2) is 4.33. The van der Waals surface area contributed by atoms with Gasteiger partial charge in [-0.1, -0.05) is 11.8 Å². The van der Waals surface area contributed by atoms with Crippen LogP contribution in [0.4, 0.5) is 8.78 Å². The Morgan fingerprint density at radius 1 is 1.57 bits per heavy atom. The molecule has 0 fully saturated rings. The Kier molecular flexibility index (Phi) is 4.44. The van der Waals surface area contributed by atoms with Crippen LogP contribution in [-0.4, -0.2) is 18.1 Å². The van der Waals surface area contributed by atoms with E-state index in [-0.39, 0.29) is 5.75 Å². The molecule has 0 saturated heterocycles. The highest BCUT2D eigenvalue weighted by Crippen LogP contribution is 2.11. The first-order valence-electron chi connectivity index (χ1n) is 1.75. The fraction of sp³-hybridized carbons (Fsp3) is 1.00. The molecule has 1 radical (unpaired) electrons. The molecule has 0 saturated carbocycles. The Balaban J connectivity index is 2.68. The molecular formula is C3H5F2OS. The fourth-order valence-electron chi connectivity index (χ4n) is 0.137. The van der Waals surface area contributed by atoms with Gasteiger partial charge in [-0.05, 0) is 0 Å². The molecule has 0 aromatic heterocycles. The second-order valence-corrected chi connectivity index (χ2v) is 1.93. The third-order valence-corrected chi connectivity index (χ3v) is 0.982. The Hall–Kier alpha value is 0.170. The van der Waals surface area contributed by atoms with Gasteiger partial charge in [-0.3, -0.25) is 0 Å². The lowest BCUT2D eigenvalue weighted by Gasteiger charge is -1.90. The maximum absolute atomic E-state index is 11.0. The molecule has 1 nitrogen and oxygen atoms in total. The van der Waals surface area contributed by atoms with Gasteiger partial charge >= 0.3 is 0 Å². The molecule has 0 N–H and O–H groups in total. The first-order valence-corrected chi connectivity index (χ1v) is 2.80. The molecular weight excluding hydrogens is 122 g/mol. The molecule has 0 aliphatic heterocycles. The summed E-state index contributed by atoms with van der Waals surface area (Å²) in [5.74, 6) is -2.37. The average molecular weight is 127 g/mol. The van der Waals surface area contributed by atoms with Crippen molar-refractivity contribution in [1.82, 2.24) is 0 Å². The van der Waals surface area contributed by atoms with Gasteiger partial charge in [0.15, 0.2) is 0 Å². The van der Waals surface area contributed by atoms with E-state index in [1.54, 1.807) is 0 Å². The van der Waals surface area contributed by atoms with Gasteiger partial charge in [-0.2, -0.15) is 8.78 Å². The van der Waals surface area contributed by atoms with Crippen LogP contribution in [0.3, 0.4) is 0 Å². The van der Waals surface area contributed by atoms with E-state index in [1.165, 1.54) is 0 Å². The number of alkyl halides is 2. The second-order valence-electron chi connectivity index (χ2n) is 0.836. The quantitative estimate of drug-likeness (QED) is 0.560. The third-order valence-electron chi connectivity index (χ3n) is 0.327. The first kappa shape index (κ1) is 7.17. The van der Waals surface area contributed by atoms with E-state index in [9.17, 15) is 13.9 Å². The SMILES string of the molecule is [O]CCSC(F)F. The van der Waals surface area contributed by atoms with Crippen molar-refractivity contribution in [2.24, 2.45) is 0 Å². The van der Waals surface area contributed by atoms with Crippen LogP contribution in [0.15, 0.2) is 0 Å². The van der Waals surface area contributed by atoms with E-state index in [0.29, 0.717) is 11.8 Å². The van der Waals surface area contributed by atoms with Gasteiger partial charge in [0.2, 0.25) is 0 Å². The maximum atomic E-state index is 11.0. The first-order chi connectivity index (χ1) is 3.27. The van der Waals surface area contributed by atoms with Crippen molar-refractivity contribution in [2.45, 2.75) is 5.76 Å². The molecule has 0 heterocycles. The van der Waals surface area contributed by atoms with Crippen molar-refractivity contribution in [2.75, 3.05) is 12.4 Å². The van der Waals surface area contributed by atoms with Crippen molar-refractivity contribution in [3.8, 4) is 0 Å². The molecule has 0 rings (SSSR count). The lowest BCUT2D eigenvalue weighted by Crippen LogP contribution is -1.88. The maximum Gasteiger partial charge on any atom is 0.284 e.